The molecule has 2 saturated heterocycles. The number of rotatable bonds is 1. The van der Waals surface area contributed by atoms with Crippen LogP contribution in [0.2, 0.25) is 0 Å². The van der Waals surface area contributed by atoms with E-state index in [9.17, 15) is 0 Å². The molecule has 13 heavy (non-hydrogen) atoms. The number of nitrogens with two attached hydrogens (primary N) is 1. The highest BCUT2D eigenvalue weighted by Gasteiger charge is 2.37. The molecule has 5 atom stereocenters. The topological polar surface area (TPSA) is 53.3 Å². The van der Waals surface area contributed by atoms with Crippen LogP contribution in [0.25, 0.3) is 0 Å². The van der Waals surface area contributed by atoms with Gasteiger partial charge in [0.1, 0.15) is 5.50 Å². The van der Waals surface area contributed by atoms with E-state index in [1.807, 2.05) is 11.8 Å². The maximum absolute atomic E-state index is 5.83. The highest BCUT2D eigenvalue weighted by atomic mass is 32.2. The number of nitrogens with one attached hydrogen (secondary N) is 2. The van der Waals surface area contributed by atoms with Gasteiger partial charge < -0.3 is 5.73 Å². The molecule has 2 fully saturated rings. The van der Waals surface area contributed by atoms with Gasteiger partial charge in [0.05, 0.1) is 0 Å². The summed E-state index contributed by atoms with van der Waals surface area (Å²) in [6, 6.07) is 0.554. The number of thioether (sulfide) groups is 1. The first kappa shape index (κ1) is 10.1. The van der Waals surface area contributed by atoms with E-state index >= 15 is 0 Å². The summed E-state index contributed by atoms with van der Waals surface area (Å²) in [5.41, 5.74) is 9.24. The molecule has 76 valence electrons. The van der Waals surface area contributed by atoms with Crippen LogP contribution >= 0.6 is 21.2 Å². The summed E-state index contributed by atoms with van der Waals surface area (Å²) in [5, 5.41) is 4.05. The zero-order chi connectivity index (χ0) is 9.42. The summed E-state index contributed by atoms with van der Waals surface area (Å²) in [4.78, 5) is 0. The smallest absolute Gasteiger partial charge is 0.103 e. The van der Waals surface area contributed by atoms with Crippen molar-refractivity contribution in [2.24, 2.45) is 11.7 Å². The van der Waals surface area contributed by atoms with Crippen molar-refractivity contribution in [2.75, 3.05) is 13.1 Å². The lowest BCUT2D eigenvalue weighted by atomic mass is 9.99. The fourth-order valence-electron chi connectivity index (χ4n) is 2.06. The summed E-state index contributed by atoms with van der Waals surface area (Å²) in [6.07, 6.45) is 0. The fourth-order valence-corrected chi connectivity index (χ4v) is 3.60. The molecular formula is C7H17N4PS. The minimum Gasteiger partial charge on any atom is -0.307 e. The third-order valence-corrected chi connectivity index (χ3v) is 4.26. The molecule has 0 bridgehead atoms. The molecule has 2 aliphatic heterocycles. The van der Waals surface area contributed by atoms with Crippen LogP contribution in [-0.2, 0) is 0 Å². The molecule has 2 rings (SSSR count). The summed E-state index contributed by atoms with van der Waals surface area (Å²) in [5.74, 6) is 0.675. The maximum Gasteiger partial charge on any atom is 0.103 e. The second kappa shape index (κ2) is 4.01. The molecule has 0 aromatic heterocycles. The van der Waals surface area contributed by atoms with Crippen molar-refractivity contribution in [1.82, 2.24) is 15.5 Å². The Hall–Kier alpha value is 0.620. The lowest BCUT2D eigenvalue weighted by Crippen LogP contribution is -2.43. The van der Waals surface area contributed by atoms with Gasteiger partial charge in [-0.3, -0.25) is 10.7 Å². The normalized spacial score (nSPS) is 47.3. The monoisotopic (exact) mass is 220 g/mol. The van der Waals surface area contributed by atoms with E-state index in [0.717, 1.165) is 13.1 Å². The molecule has 0 saturated carbocycles. The van der Waals surface area contributed by atoms with Gasteiger partial charge in [-0.1, -0.05) is 6.92 Å². The highest BCUT2D eigenvalue weighted by Crippen LogP contribution is 2.30. The predicted octanol–water partition coefficient (Wildman–Crippen LogP) is -0.451. The van der Waals surface area contributed by atoms with Crippen molar-refractivity contribution in [3.8, 4) is 0 Å². The van der Waals surface area contributed by atoms with Crippen molar-refractivity contribution in [3.63, 3.8) is 0 Å². The molecule has 2 aliphatic rings. The highest BCUT2D eigenvalue weighted by molar-refractivity contribution is 8.00. The SMILES string of the molecule is CC1SC(N)NC1C1CNN(P)C1. The van der Waals surface area contributed by atoms with E-state index < -0.39 is 0 Å². The van der Waals surface area contributed by atoms with Crippen LogP contribution in [0.5, 0.6) is 0 Å². The summed E-state index contributed by atoms with van der Waals surface area (Å²) in [7, 11) is 2.68. The lowest BCUT2D eigenvalue weighted by molar-refractivity contribution is 0.383. The Morgan fingerprint density at radius 3 is 2.85 bits per heavy atom. The third kappa shape index (κ3) is 2.17. The molecule has 4 N–H and O–H groups in total. The molecule has 0 radical (unpaired) electrons. The number of nitrogens with zero attached hydrogens (tertiary/aromatic N) is 1. The van der Waals surface area contributed by atoms with E-state index in [-0.39, 0.29) is 5.50 Å². The quantitative estimate of drug-likeness (QED) is 0.523. The first-order valence-corrected chi connectivity index (χ1v) is 6.05. The second-order valence-corrected chi connectivity index (χ2v) is 5.88. The molecule has 2 heterocycles. The fraction of sp³-hybridized carbons (Fsp3) is 1.00. The Bertz CT molecular complexity index is 193. The van der Waals surface area contributed by atoms with Crippen LogP contribution in [0, 0.1) is 5.92 Å². The minimum absolute atomic E-state index is 0.124. The predicted molar refractivity (Wildman–Crippen MR) is 59.9 cm³/mol. The van der Waals surface area contributed by atoms with Crippen molar-refractivity contribution in [2.45, 2.75) is 23.7 Å². The Morgan fingerprint density at radius 2 is 2.38 bits per heavy atom. The van der Waals surface area contributed by atoms with Crippen molar-refractivity contribution >= 4 is 21.2 Å². The van der Waals surface area contributed by atoms with Crippen LogP contribution in [0.3, 0.4) is 0 Å². The van der Waals surface area contributed by atoms with E-state index in [0.29, 0.717) is 17.2 Å². The van der Waals surface area contributed by atoms with Gasteiger partial charge in [-0.05, 0) is 9.39 Å². The number of hydrogen-bond acceptors (Lipinski definition) is 5. The third-order valence-electron chi connectivity index (χ3n) is 2.72. The van der Waals surface area contributed by atoms with Gasteiger partial charge in [-0.15, -0.1) is 11.8 Å². The summed E-state index contributed by atoms with van der Waals surface area (Å²) >= 11 is 1.83. The molecule has 6 heteroatoms. The van der Waals surface area contributed by atoms with Crippen LogP contribution in [0.1, 0.15) is 6.92 Å². The molecule has 0 amide bonds. The van der Waals surface area contributed by atoms with Gasteiger partial charge in [0.15, 0.2) is 0 Å². The van der Waals surface area contributed by atoms with Gasteiger partial charge >= 0.3 is 0 Å². The van der Waals surface area contributed by atoms with Gasteiger partial charge in [0, 0.05) is 30.3 Å². The lowest BCUT2D eigenvalue weighted by Gasteiger charge is -2.20. The molecule has 4 nitrogen and oxygen atoms in total. The minimum atomic E-state index is 0.124. The summed E-state index contributed by atoms with van der Waals surface area (Å²) < 4.78 is 2.08. The maximum atomic E-state index is 5.83. The Morgan fingerprint density at radius 1 is 1.62 bits per heavy atom. The number of hydrogen-bond donors (Lipinski definition) is 3. The van der Waals surface area contributed by atoms with Crippen molar-refractivity contribution in [1.29, 1.82) is 0 Å². The van der Waals surface area contributed by atoms with Gasteiger partial charge in [0.2, 0.25) is 0 Å². The van der Waals surface area contributed by atoms with Gasteiger partial charge in [-0.25, -0.2) is 4.78 Å². The summed E-state index contributed by atoms with van der Waals surface area (Å²) in [6.45, 7) is 4.39. The zero-order valence-electron chi connectivity index (χ0n) is 7.73. The van der Waals surface area contributed by atoms with Crippen LogP contribution in [-0.4, -0.2) is 34.7 Å². The van der Waals surface area contributed by atoms with Crippen LogP contribution in [0.15, 0.2) is 0 Å². The average Bonchev–Trinajstić information content (AvgIpc) is 2.58. The average molecular weight is 220 g/mol. The van der Waals surface area contributed by atoms with Gasteiger partial charge in [0.25, 0.3) is 0 Å². The van der Waals surface area contributed by atoms with Crippen molar-refractivity contribution < 1.29 is 0 Å². The van der Waals surface area contributed by atoms with E-state index in [4.69, 9.17) is 5.73 Å². The standard InChI is InChI=1S/C7H17N4PS/c1-4-6(10-7(8)13-4)5-2-9-11(12)3-5/h4-7,9-10H,2-3,8,12H2,1H3. The molecule has 0 aliphatic carbocycles. The molecule has 0 spiro atoms. The first-order chi connectivity index (χ1) is 6.16. The van der Waals surface area contributed by atoms with Crippen LogP contribution < -0.4 is 16.5 Å². The molecule has 0 aromatic rings. The van der Waals surface area contributed by atoms with Crippen molar-refractivity contribution in [3.05, 3.63) is 0 Å². The second-order valence-electron chi connectivity index (χ2n) is 3.73. The van der Waals surface area contributed by atoms with Crippen LogP contribution in [0.4, 0.5) is 0 Å². The largest absolute Gasteiger partial charge is 0.307 e. The molecule has 0 aromatic carbocycles. The Labute approximate surface area is 85.6 Å². The van der Waals surface area contributed by atoms with E-state index in [2.05, 4.69) is 31.8 Å². The first-order valence-electron chi connectivity index (χ1n) is 4.59. The molecular weight excluding hydrogens is 203 g/mol. The van der Waals surface area contributed by atoms with E-state index in [1.54, 1.807) is 0 Å². The van der Waals surface area contributed by atoms with E-state index in [1.165, 1.54) is 0 Å². The Kier molecular flexibility index (Phi) is 3.13. The number of hydrazine groups is 1. The van der Waals surface area contributed by atoms with Gasteiger partial charge in [-0.2, -0.15) is 0 Å². The Balaban J connectivity index is 1.93. The zero-order valence-corrected chi connectivity index (χ0v) is 9.70. The molecule has 5 unspecified atom stereocenters.